The van der Waals surface area contributed by atoms with E-state index in [1.165, 1.54) is 17.8 Å². The van der Waals surface area contributed by atoms with Crippen molar-refractivity contribution in [2.75, 3.05) is 11.1 Å². The van der Waals surface area contributed by atoms with E-state index in [-0.39, 0.29) is 18.0 Å². The van der Waals surface area contributed by atoms with Gasteiger partial charge in [-0.1, -0.05) is 23.9 Å². The van der Waals surface area contributed by atoms with Gasteiger partial charge in [0.25, 0.3) is 0 Å². The SMILES string of the molecule is O=C(CCCSc1nc2ccccc2[nH]1)Nc1ccc(F)cc1F. The summed E-state index contributed by atoms with van der Waals surface area (Å²) >= 11 is 1.53. The normalized spacial score (nSPS) is 10.9. The lowest BCUT2D eigenvalue weighted by atomic mass is 10.2. The molecule has 0 spiro atoms. The predicted octanol–water partition coefficient (Wildman–Crippen LogP) is 4.35. The first-order valence-corrected chi connectivity index (χ1v) is 8.43. The molecule has 0 aliphatic rings. The Bertz CT molecular complexity index is 833. The summed E-state index contributed by atoms with van der Waals surface area (Å²) < 4.78 is 26.3. The maximum Gasteiger partial charge on any atom is 0.224 e. The molecule has 1 aromatic heterocycles. The molecule has 2 N–H and O–H groups in total. The summed E-state index contributed by atoms with van der Waals surface area (Å²) in [5.41, 5.74) is 1.88. The third-order valence-corrected chi connectivity index (χ3v) is 4.32. The van der Waals surface area contributed by atoms with Crippen molar-refractivity contribution in [2.24, 2.45) is 0 Å². The molecule has 0 unspecified atom stereocenters. The van der Waals surface area contributed by atoms with Crippen LogP contribution >= 0.6 is 11.8 Å². The van der Waals surface area contributed by atoms with Crippen molar-refractivity contribution in [3.8, 4) is 0 Å². The van der Waals surface area contributed by atoms with Crippen LogP contribution in [-0.4, -0.2) is 21.6 Å². The zero-order chi connectivity index (χ0) is 16.9. The second-order valence-corrected chi connectivity index (χ2v) is 6.27. The second-order valence-electron chi connectivity index (χ2n) is 5.18. The summed E-state index contributed by atoms with van der Waals surface area (Å²) in [6, 6.07) is 10.8. The highest BCUT2D eigenvalue weighted by atomic mass is 32.2. The van der Waals surface area contributed by atoms with Gasteiger partial charge in [-0.25, -0.2) is 13.8 Å². The number of hydrogen-bond acceptors (Lipinski definition) is 3. The molecule has 3 rings (SSSR count). The Hall–Kier alpha value is -2.41. The number of rotatable bonds is 6. The van der Waals surface area contributed by atoms with Crippen molar-refractivity contribution in [1.82, 2.24) is 9.97 Å². The topological polar surface area (TPSA) is 57.8 Å². The van der Waals surface area contributed by atoms with Crippen LogP contribution in [-0.2, 0) is 4.79 Å². The molecule has 4 nitrogen and oxygen atoms in total. The summed E-state index contributed by atoms with van der Waals surface area (Å²) in [5, 5.41) is 3.25. The van der Waals surface area contributed by atoms with Gasteiger partial charge >= 0.3 is 0 Å². The van der Waals surface area contributed by atoms with Crippen LogP contribution in [0.1, 0.15) is 12.8 Å². The fraction of sp³-hybridized carbons (Fsp3) is 0.176. The smallest absolute Gasteiger partial charge is 0.224 e. The highest BCUT2D eigenvalue weighted by Crippen LogP contribution is 2.20. The van der Waals surface area contributed by atoms with Crippen molar-refractivity contribution in [3.05, 3.63) is 54.1 Å². The van der Waals surface area contributed by atoms with Crippen LogP contribution in [0.25, 0.3) is 11.0 Å². The number of halogens is 2. The number of aromatic nitrogens is 2. The van der Waals surface area contributed by atoms with E-state index in [1.54, 1.807) is 0 Å². The third-order valence-electron chi connectivity index (χ3n) is 3.36. The number of aromatic amines is 1. The zero-order valence-corrected chi connectivity index (χ0v) is 13.5. The first-order valence-electron chi connectivity index (χ1n) is 7.44. The zero-order valence-electron chi connectivity index (χ0n) is 12.7. The van der Waals surface area contributed by atoms with Crippen molar-refractivity contribution in [3.63, 3.8) is 0 Å². The summed E-state index contributed by atoms with van der Waals surface area (Å²) in [4.78, 5) is 19.4. The summed E-state index contributed by atoms with van der Waals surface area (Å²) in [5.74, 6) is -1.04. The average Bonchev–Trinajstić information content (AvgIpc) is 2.97. The van der Waals surface area contributed by atoms with Gasteiger partial charge in [0.05, 0.1) is 16.7 Å². The van der Waals surface area contributed by atoms with Crippen LogP contribution in [0.15, 0.2) is 47.6 Å². The van der Waals surface area contributed by atoms with Crippen molar-refractivity contribution in [2.45, 2.75) is 18.0 Å². The lowest BCUT2D eigenvalue weighted by Crippen LogP contribution is -2.12. The van der Waals surface area contributed by atoms with Gasteiger partial charge in [-0.2, -0.15) is 0 Å². The second kappa shape index (κ2) is 7.44. The number of benzene rings is 2. The minimum atomic E-state index is -0.778. The van der Waals surface area contributed by atoms with Crippen LogP contribution < -0.4 is 5.32 Å². The van der Waals surface area contributed by atoms with Gasteiger partial charge in [-0.15, -0.1) is 0 Å². The molecular formula is C17H15F2N3OS. The Morgan fingerprint density at radius 3 is 2.83 bits per heavy atom. The van der Waals surface area contributed by atoms with Crippen LogP contribution in [0.3, 0.4) is 0 Å². The Morgan fingerprint density at radius 2 is 2.04 bits per heavy atom. The monoisotopic (exact) mass is 347 g/mol. The molecule has 2 aromatic carbocycles. The predicted molar refractivity (Wildman–Crippen MR) is 91.0 cm³/mol. The summed E-state index contributed by atoms with van der Waals surface area (Å²) in [6.45, 7) is 0. The number of para-hydroxylation sites is 2. The molecule has 1 heterocycles. The summed E-state index contributed by atoms with van der Waals surface area (Å²) in [7, 11) is 0. The maximum atomic E-state index is 13.5. The molecular weight excluding hydrogens is 332 g/mol. The van der Waals surface area contributed by atoms with E-state index < -0.39 is 11.6 Å². The number of thioether (sulfide) groups is 1. The molecule has 124 valence electrons. The Morgan fingerprint density at radius 1 is 1.21 bits per heavy atom. The number of nitrogens with zero attached hydrogens (tertiary/aromatic N) is 1. The van der Waals surface area contributed by atoms with Gasteiger partial charge in [-0.05, 0) is 30.7 Å². The van der Waals surface area contributed by atoms with Gasteiger partial charge in [0, 0.05) is 18.2 Å². The van der Waals surface area contributed by atoms with Crippen LogP contribution in [0, 0.1) is 11.6 Å². The van der Waals surface area contributed by atoms with E-state index in [9.17, 15) is 13.6 Å². The van der Waals surface area contributed by atoms with Gasteiger partial charge < -0.3 is 10.3 Å². The molecule has 0 saturated carbocycles. The number of fused-ring (bicyclic) bond motifs is 1. The maximum absolute atomic E-state index is 13.5. The molecule has 0 bridgehead atoms. The fourth-order valence-electron chi connectivity index (χ4n) is 2.20. The van der Waals surface area contributed by atoms with Gasteiger partial charge in [0.1, 0.15) is 11.6 Å². The number of anilines is 1. The van der Waals surface area contributed by atoms with Crippen LogP contribution in [0.4, 0.5) is 14.5 Å². The Kier molecular flexibility index (Phi) is 5.10. The minimum Gasteiger partial charge on any atom is -0.333 e. The number of amides is 1. The fourth-order valence-corrected chi connectivity index (χ4v) is 3.03. The van der Waals surface area contributed by atoms with E-state index >= 15 is 0 Å². The molecule has 0 atom stereocenters. The highest BCUT2D eigenvalue weighted by Gasteiger charge is 2.08. The molecule has 1 amide bonds. The van der Waals surface area contributed by atoms with Gasteiger partial charge in [0.2, 0.25) is 5.91 Å². The molecule has 24 heavy (non-hydrogen) atoms. The quantitative estimate of drug-likeness (QED) is 0.515. The van der Waals surface area contributed by atoms with Crippen molar-refractivity contribution in [1.29, 1.82) is 0 Å². The number of H-pyrrole nitrogens is 1. The van der Waals surface area contributed by atoms with Crippen molar-refractivity contribution >= 4 is 34.4 Å². The first kappa shape index (κ1) is 16.4. The average molecular weight is 347 g/mol. The Balaban J connectivity index is 1.45. The van der Waals surface area contributed by atoms with E-state index in [2.05, 4.69) is 15.3 Å². The van der Waals surface area contributed by atoms with Crippen LogP contribution in [0.2, 0.25) is 0 Å². The number of nitrogens with one attached hydrogen (secondary N) is 2. The number of imidazole rings is 1. The van der Waals surface area contributed by atoms with E-state index in [1.807, 2.05) is 24.3 Å². The molecule has 0 aliphatic carbocycles. The molecule has 0 saturated heterocycles. The van der Waals surface area contributed by atoms with E-state index in [0.29, 0.717) is 12.2 Å². The lowest BCUT2D eigenvalue weighted by Gasteiger charge is -2.06. The molecule has 3 aromatic rings. The minimum absolute atomic E-state index is 0.00802. The molecule has 0 aliphatic heterocycles. The molecule has 7 heteroatoms. The first-order chi connectivity index (χ1) is 11.6. The van der Waals surface area contributed by atoms with Gasteiger partial charge in [-0.3, -0.25) is 4.79 Å². The van der Waals surface area contributed by atoms with E-state index in [4.69, 9.17) is 0 Å². The Labute approximate surface area is 141 Å². The highest BCUT2D eigenvalue weighted by molar-refractivity contribution is 7.99. The number of hydrogen-bond donors (Lipinski definition) is 2. The molecule has 0 fully saturated rings. The third kappa shape index (κ3) is 4.11. The van der Waals surface area contributed by atoms with Crippen molar-refractivity contribution < 1.29 is 13.6 Å². The molecule has 0 radical (unpaired) electrons. The summed E-state index contributed by atoms with van der Waals surface area (Å²) in [6.07, 6.45) is 0.875. The largest absolute Gasteiger partial charge is 0.333 e. The van der Waals surface area contributed by atoms with Crippen LogP contribution in [0.5, 0.6) is 0 Å². The lowest BCUT2D eigenvalue weighted by molar-refractivity contribution is -0.116. The number of carbonyl (C=O) groups is 1. The number of carbonyl (C=O) groups excluding carboxylic acids is 1. The van der Waals surface area contributed by atoms with Gasteiger partial charge in [0.15, 0.2) is 5.16 Å². The standard InChI is InChI=1S/C17H15F2N3OS/c18-11-7-8-13(12(19)10-11)20-16(23)6-3-9-24-17-21-14-4-1-2-5-15(14)22-17/h1-2,4-5,7-8,10H,3,6,9H2,(H,20,23)(H,21,22). The van der Waals surface area contributed by atoms with E-state index in [0.717, 1.165) is 28.3 Å².